The van der Waals surface area contributed by atoms with Crippen LogP contribution in [0.2, 0.25) is 0 Å². The van der Waals surface area contributed by atoms with Crippen LogP contribution in [0.1, 0.15) is 52.1 Å². The SMILES string of the molecule is CCNC(=NCC(=O)NC(C)(C)C)NCC(c1ccccc1)N1CCCC1. The Morgan fingerprint density at radius 2 is 1.81 bits per heavy atom. The molecular weight excluding hydrogens is 338 g/mol. The first-order valence-corrected chi connectivity index (χ1v) is 10.0. The van der Waals surface area contributed by atoms with E-state index in [0.29, 0.717) is 12.0 Å². The molecule has 0 saturated carbocycles. The topological polar surface area (TPSA) is 68.8 Å². The van der Waals surface area contributed by atoms with E-state index in [9.17, 15) is 4.79 Å². The van der Waals surface area contributed by atoms with Crippen molar-refractivity contribution in [2.45, 2.75) is 52.1 Å². The second-order valence-electron chi connectivity index (χ2n) is 8.04. The highest BCUT2D eigenvalue weighted by molar-refractivity contribution is 5.85. The van der Waals surface area contributed by atoms with Gasteiger partial charge in [0.05, 0.1) is 6.04 Å². The lowest BCUT2D eigenvalue weighted by Crippen LogP contribution is -2.44. The lowest BCUT2D eigenvalue weighted by atomic mass is 10.1. The molecule has 1 atom stereocenters. The van der Waals surface area contributed by atoms with Crippen LogP contribution >= 0.6 is 0 Å². The van der Waals surface area contributed by atoms with Gasteiger partial charge in [0.1, 0.15) is 6.54 Å². The first-order chi connectivity index (χ1) is 12.9. The minimum atomic E-state index is -0.244. The van der Waals surface area contributed by atoms with Crippen molar-refractivity contribution in [3.63, 3.8) is 0 Å². The molecule has 1 heterocycles. The predicted molar refractivity (Wildman–Crippen MR) is 112 cm³/mol. The van der Waals surface area contributed by atoms with Crippen molar-refractivity contribution in [3.05, 3.63) is 35.9 Å². The van der Waals surface area contributed by atoms with E-state index in [4.69, 9.17) is 0 Å². The van der Waals surface area contributed by atoms with Gasteiger partial charge in [-0.15, -0.1) is 0 Å². The minimum Gasteiger partial charge on any atom is -0.357 e. The molecule has 0 bridgehead atoms. The molecule has 0 radical (unpaired) electrons. The number of hydrogen-bond acceptors (Lipinski definition) is 3. The smallest absolute Gasteiger partial charge is 0.242 e. The summed E-state index contributed by atoms with van der Waals surface area (Å²) < 4.78 is 0. The van der Waals surface area contributed by atoms with Gasteiger partial charge in [0, 0.05) is 18.6 Å². The largest absolute Gasteiger partial charge is 0.357 e. The van der Waals surface area contributed by atoms with Gasteiger partial charge < -0.3 is 16.0 Å². The summed E-state index contributed by atoms with van der Waals surface area (Å²) >= 11 is 0. The summed E-state index contributed by atoms with van der Waals surface area (Å²) in [6, 6.07) is 10.9. The molecule has 1 amide bonds. The van der Waals surface area contributed by atoms with Crippen molar-refractivity contribution in [1.82, 2.24) is 20.9 Å². The first-order valence-electron chi connectivity index (χ1n) is 10.0. The summed E-state index contributed by atoms with van der Waals surface area (Å²) in [4.78, 5) is 19.0. The average molecular weight is 374 g/mol. The van der Waals surface area contributed by atoms with Gasteiger partial charge in [-0.25, -0.2) is 4.99 Å². The molecule has 6 heteroatoms. The molecule has 1 aliphatic heterocycles. The fourth-order valence-electron chi connectivity index (χ4n) is 3.33. The highest BCUT2D eigenvalue weighted by Gasteiger charge is 2.23. The molecule has 0 spiro atoms. The second kappa shape index (κ2) is 10.3. The van der Waals surface area contributed by atoms with Crippen molar-refractivity contribution in [3.8, 4) is 0 Å². The fourth-order valence-corrected chi connectivity index (χ4v) is 3.33. The molecule has 1 unspecified atom stereocenters. The minimum absolute atomic E-state index is 0.0705. The standard InChI is InChI=1S/C21H35N5O/c1-5-22-20(24-16-19(27)25-21(2,3)4)23-15-18(26-13-9-10-14-26)17-11-7-6-8-12-17/h6-8,11-12,18H,5,9-10,13-16H2,1-4H3,(H,25,27)(H2,22,23,24). The molecule has 6 nitrogen and oxygen atoms in total. The quantitative estimate of drug-likeness (QED) is 0.507. The number of nitrogens with zero attached hydrogens (tertiary/aromatic N) is 2. The number of hydrogen-bond donors (Lipinski definition) is 3. The van der Waals surface area contributed by atoms with Crippen LogP contribution in [0.25, 0.3) is 0 Å². The van der Waals surface area contributed by atoms with Crippen molar-refractivity contribution in [2.75, 3.05) is 32.7 Å². The van der Waals surface area contributed by atoms with Crippen molar-refractivity contribution in [2.24, 2.45) is 4.99 Å². The number of guanidine groups is 1. The van der Waals surface area contributed by atoms with Gasteiger partial charge in [0.15, 0.2) is 5.96 Å². The molecule has 3 N–H and O–H groups in total. The summed E-state index contributed by atoms with van der Waals surface area (Å²) in [6.07, 6.45) is 2.51. The van der Waals surface area contributed by atoms with Gasteiger partial charge in [-0.3, -0.25) is 9.69 Å². The van der Waals surface area contributed by atoms with E-state index >= 15 is 0 Å². The molecule has 0 aliphatic carbocycles. The van der Waals surface area contributed by atoms with Crippen LogP contribution < -0.4 is 16.0 Å². The maximum atomic E-state index is 12.1. The molecule has 1 aromatic rings. The molecule has 0 aromatic heterocycles. The van der Waals surface area contributed by atoms with E-state index in [2.05, 4.69) is 56.2 Å². The first kappa shape index (κ1) is 21.2. The number of rotatable bonds is 7. The number of aliphatic imine (C=N–C) groups is 1. The zero-order valence-electron chi connectivity index (χ0n) is 17.2. The third-order valence-corrected chi connectivity index (χ3v) is 4.47. The Bertz CT molecular complexity index is 603. The van der Waals surface area contributed by atoms with Gasteiger partial charge >= 0.3 is 0 Å². The van der Waals surface area contributed by atoms with Gasteiger partial charge in [-0.1, -0.05) is 30.3 Å². The Labute approximate surface area is 163 Å². The summed E-state index contributed by atoms with van der Waals surface area (Å²) in [5, 5.41) is 9.61. The molecule has 1 fully saturated rings. The number of benzene rings is 1. The van der Waals surface area contributed by atoms with Crippen LogP contribution in [-0.2, 0) is 4.79 Å². The summed E-state index contributed by atoms with van der Waals surface area (Å²) in [5.41, 5.74) is 1.07. The van der Waals surface area contributed by atoms with Gasteiger partial charge in [-0.2, -0.15) is 0 Å². The monoisotopic (exact) mass is 373 g/mol. The average Bonchev–Trinajstić information content (AvgIpc) is 3.13. The predicted octanol–water partition coefficient (Wildman–Crippen LogP) is 2.29. The molecular formula is C21H35N5O. The fraction of sp³-hybridized carbons (Fsp3) is 0.619. The van der Waals surface area contributed by atoms with Crippen molar-refractivity contribution in [1.29, 1.82) is 0 Å². The van der Waals surface area contributed by atoms with E-state index < -0.39 is 0 Å². The highest BCUT2D eigenvalue weighted by Crippen LogP contribution is 2.24. The molecule has 27 heavy (non-hydrogen) atoms. The Balaban J connectivity index is 2.00. The van der Waals surface area contributed by atoms with Crippen molar-refractivity contribution >= 4 is 11.9 Å². The Morgan fingerprint density at radius 1 is 1.15 bits per heavy atom. The number of amides is 1. The van der Waals surface area contributed by atoms with Crippen molar-refractivity contribution < 1.29 is 4.79 Å². The number of nitrogens with one attached hydrogen (secondary N) is 3. The van der Waals surface area contributed by atoms with Crippen LogP contribution in [0.5, 0.6) is 0 Å². The van der Waals surface area contributed by atoms with Crippen LogP contribution in [0.4, 0.5) is 0 Å². The van der Waals surface area contributed by atoms with Gasteiger partial charge in [0.2, 0.25) is 5.91 Å². The lowest BCUT2D eigenvalue weighted by molar-refractivity contribution is -0.121. The Morgan fingerprint density at radius 3 is 2.41 bits per heavy atom. The van der Waals surface area contributed by atoms with Crippen LogP contribution in [0.3, 0.4) is 0 Å². The maximum absolute atomic E-state index is 12.1. The molecule has 1 saturated heterocycles. The zero-order chi connectivity index (χ0) is 19.7. The van der Waals surface area contributed by atoms with E-state index in [1.54, 1.807) is 0 Å². The molecule has 1 aromatic carbocycles. The van der Waals surface area contributed by atoms with Crippen LogP contribution in [-0.4, -0.2) is 55.0 Å². The highest BCUT2D eigenvalue weighted by atomic mass is 16.2. The van der Waals surface area contributed by atoms with E-state index in [1.807, 2.05) is 27.7 Å². The molecule has 2 rings (SSSR count). The van der Waals surface area contributed by atoms with Gasteiger partial charge in [0.25, 0.3) is 0 Å². The summed E-state index contributed by atoms with van der Waals surface area (Å²) in [5.74, 6) is 0.612. The Kier molecular flexibility index (Phi) is 8.10. The van der Waals surface area contributed by atoms with Crippen LogP contribution in [0.15, 0.2) is 35.3 Å². The zero-order valence-corrected chi connectivity index (χ0v) is 17.2. The number of carbonyl (C=O) groups excluding carboxylic acids is 1. The third-order valence-electron chi connectivity index (χ3n) is 4.47. The number of carbonyl (C=O) groups is 1. The summed E-state index contributed by atoms with van der Waals surface area (Å²) in [7, 11) is 0. The summed E-state index contributed by atoms with van der Waals surface area (Å²) in [6.45, 7) is 11.8. The third kappa shape index (κ3) is 7.59. The Hall–Kier alpha value is -2.08. The second-order valence-corrected chi connectivity index (χ2v) is 8.04. The molecule has 1 aliphatic rings. The van der Waals surface area contributed by atoms with E-state index in [-0.39, 0.29) is 18.0 Å². The normalized spacial score (nSPS) is 16.8. The molecule has 150 valence electrons. The van der Waals surface area contributed by atoms with E-state index in [1.165, 1.54) is 18.4 Å². The lowest BCUT2D eigenvalue weighted by Gasteiger charge is -2.29. The van der Waals surface area contributed by atoms with Crippen LogP contribution in [0, 0.1) is 0 Å². The van der Waals surface area contributed by atoms with Gasteiger partial charge in [-0.05, 0) is 59.2 Å². The number of likely N-dealkylation sites (tertiary alicyclic amines) is 1. The van der Waals surface area contributed by atoms with E-state index in [0.717, 1.165) is 26.2 Å². The maximum Gasteiger partial charge on any atom is 0.242 e.